The van der Waals surface area contributed by atoms with Crippen molar-refractivity contribution in [1.29, 1.82) is 0 Å². The van der Waals surface area contributed by atoms with E-state index in [9.17, 15) is 4.79 Å². The van der Waals surface area contributed by atoms with Crippen LogP contribution in [0.3, 0.4) is 0 Å². The molecule has 0 aromatic rings. The van der Waals surface area contributed by atoms with Gasteiger partial charge in [0.1, 0.15) is 0 Å². The zero-order chi connectivity index (χ0) is 12.4. The molecule has 0 saturated heterocycles. The molecule has 98 valence electrons. The summed E-state index contributed by atoms with van der Waals surface area (Å²) in [6, 6.07) is 0.372. The van der Waals surface area contributed by atoms with Gasteiger partial charge < -0.3 is 4.90 Å². The Morgan fingerprint density at radius 1 is 1.18 bits per heavy atom. The molecule has 2 unspecified atom stereocenters. The van der Waals surface area contributed by atoms with Gasteiger partial charge in [-0.05, 0) is 51.4 Å². The van der Waals surface area contributed by atoms with Gasteiger partial charge in [0.15, 0.2) is 0 Å². The fourth-order valence-electron chi connectivity index (χ4n) is 3.31. The van der Waals surface area contributed by atoms with Crippen molar-refractivity contribution in [2.45, 2.75) is 65.3 Å². The van der Waals surface area contributed by atoms with E-state index < -0.39 is 0 Å². The first-order valence-corrected chi connectivity index (χ1v) is 7.44. The number of hydrogen-bond acceptors (Lipinski definition) is 1. The highest BCUT2D eigenvalue weighted by molar-refractivity contribution is 5.79. The molecule has 2 nitrogen and oxygen atoms in total. The summed E-state index contributed by atoms with van der Waals surface area (Å²) >= 11 is 0. The summed E-state index contributed by atoms with van der Waals surface area (Å²) in [5.41, 5.74) is 0. The molecule has 17 heavy (non-hydrogen) atoms. The molecule has 2 heteroatoms. The highest BCUT2D eigenvalue weighted by Crippen LogP contribution is 2.54. The van der Waals surface area contributed by atoms with Gasteiger partial charge in [0.25, 0.3) is 0 Å². The monoisotopic (exact) mass is 237 g/mol. The summed E-state index contributed by atoms with van der Waals surface area (Å²) in [5, 5.41) is 0. The Morgan fingerprint density at radius 3 is 2.35 bits per heavy atom. The van der Waals surface area contributed by atoms with Gasteiger partial charge >= 0.3 is 0 Å². The van der Waals surface area contributed by atoms with Crippen molar-refractivity contribution >= 4 is 5.91 Å². The van der Waals surface area contributed by atoms with Gasteiger partial charge in [-0.25, -0.2) is 0 Å². The van der Waals surface area contributed by atoms with Crippen molar-refractivity contribution in [1.82, 2.24) is 4.90 Å². The first kappa shape index (κ1) is 12.9. The standard InChI is InChI=1S/C15H27NO/c1-4-5-6-7-16(11(2)3)15(17)14-9-12-8-13(12)10-14/h11-14H,4-10H2,1-3H3. The lowest BCUT2D eigenvalue weighted by molar-refractivity contribution is -0.137. The molecule has 0 N–H and O–H groups in total. The van der Waals surface area contributed by atoms with Crippen LogP contribution >= 0.6 is 0 Å². The second-order valence-electron chi connectivity index (χ2n) is 6.26. The molecule has 2 saturated carbocycles. The van der Waals surface area contributed by atoms with Crippen LogP contribution in [0.2, 0.25) is 0 Å². The van der Waals surface area contributed by atoms with E-state index in [1.807, 2.05) is 0 Å². The van der Waals surface area contributed by atoms with E-state index in [4.69, 9.17) is 0 Å². The highest BCUT2D eigenvalue weighted by Gasteiger charge is 2.48. The van der Waals surface area contributed by atoms with Gasteiger partial charge in [0.2, 0.25) is 5.91 Å². The predicted molar refractivity (Wildman–Crippen MR) is 70.7 cm³/mol. The van der Waals surface area contributed by atoms with Crippen molar-refractivity contribution in [3.63, 3.8) is 0 Å². The number of unbranched alkanes of at least 4 members (excludes halogenated alkanes) is 2. The predicted octanol–water partition coefficient (Wildman–Crippen LogP) is 3.46. The summed E-state index contributed by atoms with van der Waals surface area (Å²) in [6.45, 7) is 7.49. The lowest BCUT2D eigenvalue weighted by atomic mass is 10.0. The Kier molecular flexibility index (Phi) is 4.11. The van der Waals surface area contributed by atoms with Crippen LogP contribution in [0.5, 0.6) is 0 Å². The maximum Gasteiger partial charge on any atom is 0.225 e. The molecule has 0 aromatic carbocycles. The first-order chi connectivity index (χ1) is 8.13. The quantitative estimate of drug-likeness (QED) is 0.648. The number of amides is 1. The number of rotatable bonds is 6. The molecule has 2 aliphatic carbocycles. The molecular weight excluding hydrogens is 210 g/mol. The molecule has 1 amide bonds. The number of hydrogen-bond donors (Lipinski definition) is 0. The minimum absolute atomic E-state index is 0.364. The van der Waals surface area contributed by atoms with Gasteiger partial charge in [-0.2, -0.15) is 0 Å². The summed E-state index contributed by atoms with van der Waals surface area (Å²) in [6.07, 6.45) is 7.41. The van der Waals surface area contributed by atoms with E-state index in [-0.39, 0.29) is 0 Å². The molecular formula is C15H27NO. The van der Waals surface area contributed by atoms with Crippen molar-refractivity contribution in [3.05, 3.63) is 0 Å². The molecule has 2 rings (SSSR count). The maximum absolute atomic E-state index is 12.5. The van der Waals surface area contributed by atoms with Gasteiger partial charge in [-0.15, -0.1) is 0 Å². The van der Waals surface area contributed by atoms with E-state index in [1.54, 1.807) is 0 Å². The van der Waals surface area contributed by atoms with E-state index in [0.29, 0.717) is 17.9 Å². The summed E-state index contributed by atoms with van der Waals surface area (Å²) in [7, 11) is 0. The Hall–Kier alpha value is -0.530. The summed E-state index contributed by atoms with van der Waals surface area (Å²) < 4.78 is 0. The Balaban J connectivity index is 1.83. The minimum Gasteiger partial charge on any atom is -0.340 e. The zero-order valence-electron chi connectivity index (χ0n) is 11.6. The van der Waals surface area contributed by atoms with Gasteiger partial charge in [0, 0.05) is 18.5 Å². The molecule has 2 fully saturated rings. The second kappa shape index (κ2) is 5.41. The average molecular weight is 237 g/mol. The van der Waals surface area contributed by atoms with Gasteiger partial charge in [0.05, 0.1) is 0 Å². The molecule has 0 radical (unpaired) electrons. The minimum atomic E-state index is 0.364. The molecule has 0 heterocycles. The first-order valence-electron chi connectivity index (χ1n) is 7.44. The molecule has 2 atom stereocenters. The van der Waals surface area contributed by atoms with Crippen molar-refractivity contribution in [3.8, 4) is 0 Å². The van der Waals surface area contributed by atoms with Crippen LogP contribution in [-0.4, -0.2) is 23.4 Å². The van der Waals surface area contributed by atoms with E-state index in [0.717, 1.165) is 18.4 Å². The van der Waals surface area contributed by atoms with Gasteiger partial charge in [-0.3, -0.25) is 4.79 Å². The third-order valence-corrected chi connectivity index (χ3v) is 4.50. The largest absolute Gasteiger partial charge is 0.340 e. The molecule has 0 bridgehead atoms. The van der Waals surface area contributed by atoms with Crippen LogP contribution in [0.4, 0.5) is 0 Å². The third kappa shape index (κ3) is 3.02. The Morgan fingerprint density at radius 2 is 1.82 bits per heavy atom. The van der Waals surface area contributed by atoms with Crippen LogP contribution in [-0.2, 0) is 4.79 Å². The van der Waals surface area contributed by atoms with Crippen LogP contribution < -0.4 is 0 Å². The van der Waals surface area contributed by atoms with Crippen molar-refractivity contribution in [2.75, 3.05) is 6.54 Å². The van der Waals surface area contributed by atoms with Crippen LogP contribution in [0.1, 0.15) is 59.3 Å². The Bertz CT molecular complexity index is 264. The third-order valence-electron chi connectivity index (χ3n) is 4.50. The zero-order valence-corrected chi connectivity index (χ0v) is 11.6. The van der Waals surface area contributed by atoms with Crippen molar-refractivity contribution < 1.29 is 4.79 Å². The SMILES string of the molecule is CCCCCN(C(=O)C1CC2CC2C1)C(C)C. The van der Waals surface area contributed by atoms with Gasteiger partial charge in [-0.1, -0.05) is 19.8 Å². The van der Waals surface area contributed by atoms with E-state index in [2.05, 4.69) is 25.7 Å². The molecule has 0 aliphatic heterocycles. The average Bonchev–Trinajstić information content (AvgIpc) is 2.90. The maximum atomic E-state index is 12.5. The molecule has 2 aliphatic rings. The highest BCUT2D eigenvalue weighted by atomic mass is 16.2. The number of nitrogens with zero attached hydrogens (tertiary/aromatic N) is 1. The van der Waals surface area contributed by atoms with Crippen LogP contribution in [0.15, 0.2) is 0 Å². The number of carbonyl (C=O) groups is 1. The lowest BCUT2D eigenvalue weighted by Crippen LogP contribution is -2.41. The molecule has 0 aromatic heterocycles. The number of fused-ring (bicyclic) bond motifs is 1. The fourth-order valence-corrected chi connectivity index (χ4v) is 3.31. The van der Waals surface area contributed by atoms with E-state index in [1.165, 1.54) is 38.5 Å². The van der Waals surface area contributed by atoms with Crippen molar-refractivity contribution in [2.24, 2.45) is 17.8 Å². The second-order valence-corrected chi connectivity index (χ2v) is 6.26. The topological polar surface area (TPSA) is 20.3 Å². The van der Waals surface area contributed by atoms with Crippen LogP contribution in [0.25, 0.3) is 0 Å². The van der Waals surface area contributed by atoms with Crippen LogP contribution in [0, 0.1) is 17.8 Å². The number of carbonyl (C=O) groups excluding carboxylic acids is 1. The summed E-state index contributed by atoms with van der Waals surface area (Å²) in [5.74, 6) is 2.63. The fraction of sp³-hybridized carbons (Fsp3) is 0.933. The lowest BCUT2D eigenvalue weighted by Gasteiger charge is -2.30. The molecule has 0 spiro atoms. The smallest absolute Gasteiger partial charge is 0.225 e. The van der Waals surface area contributed by atoms with E-state index >= 15 is 0 Å². The summed E-state index contributed by atoms with van der Waals surface area (Å²) in [4.78, 5) is 14.6. The Labute approximate surface area is 106 Å². The normalized spacial score (nSPS) is 30.5.